The zero-order valence-corrected chi connectivity index (χ0v) is 10.4. The van der Waals surface area contributed by atoms with E-state index in [2.05, 4.69) is 20.3 Å². The largest absolute Gasteiger partial charge is 0.338 e. The first kappa shape index (κ1) is 10.9. The molecule has 0 saturated carbocycles. The number of fused-ring (bicyclic) bond motifs is 1. The van der Waals surface area contributed by atoms with Gasteiger partial charge < -0.3 is 4.98 Å². The number of benzene rings is 1. The number of anilines is 1. The van der Waals surface area contributed by atoms with Gasteiger partial charge in [0.25, 0.3) is 5.91 Å². The van der Waals surface area contributed by atoms with Crippen molar-refractivity contribution in [2.24, 2.45) is 0 Å². The fourth-order valence-electron chi connectivity index (χ4n) is 1.63. The number of amides is 1. The summed E-state index contributed by atoms with van der Waals surface area (Å²) in [6.07, 6.45) is 1.51. The van der Waals surface area contributed by atoms with Gasteiger partial charge in [0, 0.05) is 0 Å². The Morgan fingerprint density at radius 3 is 2.94 bits per heavy atom. The van der Waals surface area contributed by atoms with Crippen LogP contribution in [0.2, 0.25) is 0 Å². The molecule has 0 unspecified atom stereocenters. The number of imidazole rings is 1. The number of aromatic nitrogens is 3. The summed E-state index contributed by atoms with van der Waals surface area (Å²) in [5.41, 5.74) is 1.32. The highest BCUT2D eigenvalue weighted by atomic mass is 32.1. The van der Waals surface area contributed by atoms with E-state index < -0.39 is 0 Å². The molecule has 0 aliphatic rings. The Morgan fingerprint density at radius 1 is 1.39 bits per heavy atom. The molecule has 2 aromatic heterocycles. The fraction of sp³-hybridized carbons (Fsp3) is 0.0833. The van der Waals surface area contributed by atoms with E-state index in [1.54, 1.807) is 6.92 Å². The van der Waals surface area contributed by atoms with Crippen LogP contribution in [0.5, 0.6) is 0 Å². The number of para-hydroxylation sites is 1. The molecule has 0 radical (unpaired) electrons. The number of carbonyl (C=O) groups is 1. The van der Waals surface area contributed by atoms with Crippen LogP contribution in [-0.2, 0) is 0 Å². The molecule has 90 valence electrons. The van der Waals surface area contributed by atoms with Crippen LogP contribution < -0.4 is 5.32 Å². The van der Waals surface area contributed by atoms with E-state index >= 15 is 0 Å². The van der Waals surface area contributed by atoms with Crippen LogP contribution in [0.4, 0.5) is 5.13 Å². The molecule has 0 aliphatic heterocycles. The summed E-state index contributed by atoms with van der Waals surface area (Å²) in [7, 11) is 0. The highest BCUT2D eigenvalue weighted by Gasteiger charge is 2.11. The molecule has 3 aromatic rings. The van der Waals surface area contributed by atoms with Gasteiger partial charge in [0.15, 0.2) is 5.13 Å². The highest BCUT2D eigenvalue weighted by molar-refractivity contribution is 7.22. The third kappa shape index (κ3) is 1.98. The maximum absolute atomic E-state index is 11.9. The van der Waals surface area contributed by atoms with Gasteiger partial charge in [-0.1, -0.05) is 23.5 Å². The van der Waals surface area contributed by atoms with Gasteiger partial charge in [-0.3, -0.25) is 10.1 Å². The number of hydrogen-bond donors (Lipinski definition) is 2. The summed E-state index contributed by atoms with van der Waals surface area (Å²) in [4.78, 5) is 23.1. The summed E-state index contributed by atoms with van der Waals surface area (Å²) in [5, 5.41) is 3.35. The second-order valence-electron chi connectivity index (χ2n) is 3.82. The molecule has 0 aliphatic carbocycles. The van der Waals surface area contributed by atoms with E-state index in [-0.39, 0.29) is 5.91 Å². The fourth-order valence-corrected chi connectivity index (χ4v) is 2.49. The van der Waals surface area contributed by atoms with E-state index in [0.717, 1.165) is 10.2 Å². The minimum Gasteiger partial charge on any atom is -0.338 e. The van der Waals surface area contributed by atoms with Crippen molar-refractivity contribution in [3.8, 4) is 0 Å². The second-order valence-corrected chi connectivity index (χ2v) is 4.85. The van der Waals surface area contributed by atoms with E-state index in [1.165, 1.54) is 17.5 Å². The number of aryl methyl sites for hydroxylation is 1. The first-order valence-corrected chi connectivity index (χ1v) is 6.22. The van der Waals surface area contributed by atoms with Crippen LogP contribution in [-0.4, -0.2) is 20.9 Å². The molecule has 0 bridgehead atoms. The van der Waals surface area contributed by atoms with Crippen molar-refractivity contribution >= 4 is 32.6 Å². The van der Waals surface area contributed by atoms with Gasteiger partial charge in [0.2, 0.25) is 0 Å². The monoisotopic (exact) mass is 258 g/mol. The normalized spacial score (nSPS) is 10.7. The quantitative estimate of drug-likeness (QED) is 0.742. The van der Waals surface area contributed by atoms with Gasteiger partial charge in [0.05, 0.1) is 16.4 Å². The summed E-state index contributed by atoms with van der Waals surface area (Å²) in [6.45, 7) is 1.80. The first-order valence-electron chi connectivity index (χ1n) is 5.41. The molecular formula is C12H10N4OS. The van der Waals surface area contributed by atoms with Gasteiger partial charge in [-0.2, -0.15) is 0 Å². The minimum atomic E-state index is -0.227. The predicted octanol–water partition coefficient (Wildman–Crippen LogP) is 2.58. The lowest BCUT2D eigenvalue weighted by Gasteiger charge is -1.97. The minimum absolute atomic E-state index is 0.227. The van der Waals surface area contributed by atoms with E-state index in [9.17, 15) is 4.79 Å². The number of thiazole rings is 1. The van der Waals surface area contributed by atoms with E-state index in [4.69, 9.17) is 0 Å². The maximum Gasteiger partial charge on any atom is 0.275 e. The number of carbonyl (C=O) groups excluding carboxylic acids is 1. The number of aromatic amines is 1. The molecule has 6 heteroatoms. The maximum atomic E-state index is 11.9. The topological polar surface area (TPSA) is 70.7 Å². The number of H-pyrrole nitrogens is 1. The average Bonchev–Trinajstić information content (AvgIpc) is 2.94. The summed E-state index contributed by atoms with van der Waals surface area (Å²) in [6, 6.07) is 7.76. The highest BCUT2D eigenvalue weighted by Crippen LogP contribution is 2.25. The molecule has 0 fully saturated rings. The third-order valence-electron chi connectivity index (χ3n) is 2.46. The third-order valence-corrected chi connectivity index (χ3v) is 3.41. The molecule has 0 saturated heterocycles. The Bertz CT molecular complexity index is 683. The lowest BCUT2D eigenvalue weighted by atomic mass is 10.3. The van der Waals surface area contributed by atoms with Crippen molar-refractivity contribution in [3.05, 3.63) is 42.0 Å². The molecule has 0 spiro atoms. The molecule has 0 atom stereocenters. The van der Waals surface area contributed by atoms with E-state index in [1.807, 2.05) is 24.3 Å². The number of nitrogens with one attached hydrogen (secondary N) is 2. The molecule has 1 amide bonds. The SMILES string of the molecule is Cc1ncc(C(=O)Nc2nc3ccccc3s2)[nH]1. The lowest BCUT2D eigenvalue weighted by molar-refractivity contribution is 0.102. The smallest absolute Gasteiger partial charge is 0.275 e. The van der Waals surface area contributed by atoms with Crippen LogP contribution >= 0.6 is 11.3 Å². The van der Waals surface area contributed by atoms with Gasteiger partial charge in [-0.15, -0.1) is 0 Å². The Balaban J connectivity index is 1.86. The van der Waals surface area contributed by atoms with Gasteiger partial charge in [0.1, 0.15) is 11.5 Å². The van der Waals surface area contributed by atoms with Crippen LogP contribution in [0.15, 0.2) is 30.5 Å². The van der Waals surface area contributed by atoms with Crippen molar-refractivity contribution in [2.75, 3.05) is 5.32 Å². The number of rotatable bonds is 2. The zero-order chi connectivity index (χ0) is 12.5. The Hall–Kier alpha value is -2.21. The molecule has 2 heterocycles. The Labute approximate surface area is 107 Å². The molecule has 3 rings (SSSR count). The lowest BCUT2D eigenvalue weighted by Crippen LogP contribution is -2.11. The summed E-state index contributed by atoms with van der Waals surface area (Å²) < 4.78 is 1.05. The summed E-state index contributed by atoms with van der Waals surface area (Å²) >= 11 is 1.45. The standard InChI is InChI=1S/C12H10N4OS/c1-7-13-6-9(14-7)11(17)16-12-15-8-4-2-3-5-10(8)18-12/h2-6H,1H3,(H,13,14)(H,15,16,17). The molecular weight excluding hydrogens is 248 g/mol. The number of nitrogens with zero attached hydrogens (tertiary/aromatic N) is 2. The van der Waals surface area contributed by atoms with Gasteiger partial charge >= 0.3 is 0 Å². The molecule has 2 N–H and O–H groups in total. The first-order chi connectivity index (χ1) is 8.72. The van der Waals surface area contributed by atoms with Gasteiger partial charge in [-0.25, -0.2) is 9.97 Å². The number of hydrogen-bond acceptors (Lipinski definition) is 4. The van der Waals surface area contributed by atoms with Crippen molar-refractivity contribution in [1.82, 2.24) is 15.0 Å². The summed E-state index contributed by atoms with van der Waals surface area (Å²) in [5.74, 6) is 0.485. The molecule has 5 nitrogen and oxygen atoms in total. The van der Waals surface area contributed by atoms with Crippen LogP contribution in [0.25, 0.3) is 10.2 Å². The van der Waals surface area contributed by atoms with Crippen molar-refractivity contribution in [2.45, 2.75) is 6.92 Å². The van der Waals surface area contributed by atoms with Crippen molar-refractivity contribution < 1.29 is 4.79 Å². The Morgan fingerprint density at radius 2 is 2.22 bits per heavy atom. The van der Waals surface area contributed by atoms with Crippen LogP contribution in [0.1, 0.15) is 16.3 Å². The van der Waals surface area contributed by atoms with Crippen molar-refractivity contribution in [1.29, 1.82) is 0 Å². The Kier molecular flexibility index (Phi) is 2.56. The predicted molar refractivity (Wildman–Crippen MR) is 70.9 cm³/mol. The second kappa shape index (κ2) is 4.23. The molecule has 18 heavy (non-hydrogen) atoms. The van der Waals surface area contributed by atoms with Crippen LogP contribution in [0, 0.1) is 6.92 Å². The van der Waals surface area contributed by atoms with Crippen molar-refractivity contribution in [3.63, 3.8) is 0 Å². The van der Waals surface area contributed by atoms with E-state index in [0.29, 0.717) is 16.6 Å². The zero-order valence-electron chi connectivity index (χ0n) is 9.60. The average molecular weight is 258 g/mol. The van der Waals surface area contributed by atoms with Crippen LogP contribution in [0.3, 0.4) is 0 Å². The molecule has 1 aromatic carbocycles. The van der Waals surface area contributed by atoms with Gasteiger partial charge in [-0.05, 0) is 19.1 Å².